The third-order valence-corrected chi connectivity index (χ3v) is 14.2. The van der Waals surface area contributed by atoms with Crippen LogP contribution in [0.15, 0.2) is 214 Å². The number of hydrogen-bond acceptors (Lipinski definition) is 1. The first kappa shape index (κ1) is 41.3. The van der Waals surface area contributed by atoms with Gasteiger partial charge in [0.25, 0.3) is 0 Å². The van der Waals surface area contributed by atoms with E-state index in [1.54, 1.807) is 33.4 Å². The van der Waals surface area contributed by atoms with E-state index in [2.05, 4.69) is 178 Å². The van der Waals surface area contributed by atoms with Crippen molar-refractivity contribution >= 4 is 17.0 Å². The second kappa shape index (κ2) is 19.4. The summed E-state index contributed by atoms with van der Waals surface area (Å²) in [4.78, 5) is 5.46. The van der Waals surface area contributed by atoms with E-state index in [1.807, 2.05) is 11.6 Å². The van der Waals surface area contributed by atoms with Crippen LogP contribution in [0.2, 0.25) is 0 Å². The Morgan fingerprint density at radius 3 is 2.05 bits per heavy atom. The Kier molecular flexibility index (Phi) is 12.9. The number of rotatable bonds is 11. The summed E-state index contributed by atoms with van der Waals surface area (Å²) in [5.41, 5.74) is 25.6. The van der Waals surface area contributed by atoms with Gasteiger partial charge < -0.3 is 0 Å². The number of hydrogen-bond donors (Lipinski definition) is 0. The fraction of sp³-hybridized carbons (Fsp3) is 0.279. The van der Waals surface area contributed by atoms with E-state index in [1.165, 1.54) is 72.9 Å². The Labute approximate surface area is 371 Å². The normalized spacial score (nSPS) is 21.5. The smallest absolute Gasteiger partial charge is 0.112 e. The van der Waals surface area contributed by atoms with Gasteiger partial charge in [0.05, 0.1) is 0 Å². The molecule has 0 saturated heterocycles. The van der Waals surface area contributed by atoms with Crippen LogP contribution in [0.25, 0.3) is 33.5 Å². The van der Waals surface area contributed by atoms with Crippen LogP contribution in [0.3, 0.4) is 0 Å². The zero-order chi connectivity index (χ0) is 42.3. The molecule has 0 N–H and O–H groups in total. The lowest BCUT2D eigenvalue weighted by atomic mass is 9.62. The van der Waals surface area contributed by atoms with Gasteiger partial charge in [0.15, 0.2) is 0 Å². The maximum atomic E-state index is 5.46. The van der Waals surface area contributed by atoms with Crippen molar-refractivity contribution in [3.8, 4) is 22.3 Å². The molecule has 0 radical (unpaired) electrons. The molecule has 0 spiro atoms. The number of allylic oxidation sites excluding steroid dienone is 16. The van der Waals surface area contributed by atoms with Crippen molar-refractivity contribution in [2.45, 2.75) is 90.9 Å². The lowest BCUT2D eigenvalue weighted by Crippen LogP contribution is -2.29. The van der Waals surface area contributed by atoms with Gasteiger partial charge in [0.1, 0.15) is 5.70 Å². The first-order valence-electron chi connectivity index (χ1n) is 23.4. The fourth-order valence-corrected chi connectivity index (χ4v) is 10.9. The minimum Gasteiger partial charge on any atom is -0.249 e. The predicted molar refractivity (Wildman–Crippen MR) is 266 cm³/mol. The van der Waals surface area contributed by atoms with Crippen LogP contribution in [0.4, 0.5) is 0 Å². The standard InChI is InChI=1S/C61H61N/c1-4-17-46(49-30-32-50(33-31-49)47-18-8-6-9-19-47)40-41-60(52-36-34-51(35-37-52)48-20-10-7-11-21-48)62-43(3)45-28-38-53(39-29-45)61-44(5-2)23-16-27-58(61)59-42-54-22-12-13-24-55(54)56-25-14-15-26-57(56)59/h4,6-12,16-23,30-38,40,45,58-59H,1,5,13-15,24-29,39,42H2,2-3H3/b46-17-,62-43+. The van der Waals surface area contributed by atoms with E-state index in [9.17, 15) is 0 Å². The molecular weight excluding hydrogens is 747 g/mol. The van der Waals surface area contributed by atoms with Gasteiger partial charge in [-0.3, -0.25) is 0 Å². The van der Waals surface area contributed by atoms with Crippen LogP contribution in [0.1, 0.15) is 102 Å². The van der Waals surface area contributed by atoms with Gasteiger partial charge in [-0.2, -0.15) is 0 Å². The third kappa shape index (κ3) is 8.97. The van der Waals surface area contributed by atoms with Crippen molar-refractivity contribution in [1.82, 2.24) is 0 Å². The zero-order valence-corrected chi connectivity index (χ0v) is 36.9. The molecule has 1 nitrogen and oxygen atoms in total. The highest BCUT2D eigenvalue weighted by Crippen LogP contribution is 2.52. The van der Waals surface area contributed by atoms with Crippen LogP contribution in [0.5, 0.6) is 0 Å². The largest absolute Gasteiger partial charge is 0.249 e. The molecule has 3 atom stereocenters. The second-order valence-electron chi connectivity index (χ2n) is 17.8. The first-order chi connectivity index (χ1) is 30.6. The van der Waals surface area contributed by atoms with Crippen molar-refractivity contribution in [3.63, 3.8) is 0 Å². The van der Waals surface area contributed by atoms with E-state index < -0.39 is 0 Å². The van der Waals surface area contributed by atoms with Gasteiger partial charge in [-0.15, -0.1) is 0 Å². The highest BCUT2D eigenvalue weighted by molar-refractivity contribution is 5.91. The summed E-state index contributed by atoms with van der Waals surface area (Å²) < 4.78 is 0. The summed E-state index contributed by atoms with van der Waals surface area (Å²) in [6.45, 7) is 8.67. The first-order valence-corrected chi connectivity index (χ1v) is 23.4. The highest BCUT2D eigenvalue weighted by Gasteiger charge is 2.38. The summed E-state index contributed by atoms with van der Waals surface area (Å²) in [5, 5.41) is 0. The van der Waals surface area contributed by atoms with E-state index in [0.29, 0.717) is 17.8 Å². The Morgan fingerprint density at radius 2 is 1.39 bits per heavy atom. The summed E-state index contributed by atoms with van der Waals surface area (Å²) in [7, 11) is 0. The highest BCUT2D eigenvalue weighted by atomic mass is 14.8. The maximum Gasteiger partial charge on any atom is 0.112 e. The summed E-state index contributed by atoms with van der Waals surface area (Å²) in [6.07, 6.45) is 33.0. The molecule has 0 heterocycles. The number of fused-ring (bicyclic) bond motifs is 1. The Hall–Kier alpha value is -6.01. The molecule has 4 aromatic carbocycles. The molecule has 310 valence electrons. The molecule has 0 saturated carbocycles. The molecule has 5 aliphatic rings. The summed E-state index contributed by atoms with van der Waals surface area (Å²) in [6, 6.07) is 38.8. The SMILES string of the molecule is C=C/C=C(/C=C=C(/N=C(\C)C1CC=C(C2=C(CC)C=CCC2C2CC3=C(CCC=C3)C3=C2CCCC3)CC1)c1ccc(-c2ccccc2)cc1)c1ccc(-c2ccccc2)cc1. The lowest BCUT2D eigenvalue weighted by Gasteiger charge is -2.42. The van der Waals surface area contributed by atoms with Crippen LogP contribution in [-0.4, -0.2) is 5.71 Å². The summed E-state index contributed by atoms with van der Waals surface area (Å²) in [5.74, 6) is 1.59. The number of nitrogens with zero attached hydrogens (tertiary/aromatic N) is 1. The van der Waals surface area contributed by atoms with E-state index in [-0.39, 0.29) is 0 Å². The molecular formula is C61H61N. The Balaban J connectivity index is 1.02. The van der Waals surface area contributed by atoms with Crippen molar-refractivity contribution in [1.29, 1.82) is 0 Å². The van der Waals surface area contributed by atoms with Gasteiger partial charge in [0, 0.05) is 17.2 Å². The van der Waals surface area contributed by atoms with Crippen molar-refractivity contribution in [2.75, 3.05) is 0 Å². The monoisotopic (exact) mass is 807 g/mol. The fourth-order valence-electron chi connectivity index (χ4n) is 10.9. The average Bonchev–Trinajstić information content (AvgIpc) is 3.35. The van der Waals surface area contributed by atoms with Gasteiger partial charge in [-0.25, -0.2) is 4.99 Å². The molecule has 0 fully saturated rings. The van der Waals surface area contributed by atoms with Crippen LogP contribution >= 0.6 is 0 Å². The number of benzene rings is 4. The van der Waals surface area contributed by atoms with Crippen molar-refractivity contribution < 1.29 is 0 Å². The van der Waals surface area contributed by atoms with E-state index in [4.69, 9.17) is 4.99 Å². The van der Waals surface area contributed by atoms with Crippen molar-refractivity contribution in [2.24, 2.45) is 22.7 Å². The number of aliphatic imine (C=N–C) groups is 1. The Bertz CT molecular complexity index is 2600. The molecule has 1 heteroatoms. The molecule has 0 amide bonds. The van der Waals surface area contributed by atoms with Gasteiger partial charge in [-0.05, 0) is 169 Å². The quantitative estimate of drug-likeness (QED) is 0.0813. The van der Waals surface area contributed by atoms with Crippen molar-refractivity contribution in [3.05, 3.63) is 220 Å². The average molecular weight is 808 g/mol. The molecule has 0 aromatic heterocycles. The molecule has 4 aromatic rings. The molecule has 3 unspecified atom stereocenters. The zero-order valence-electron chi connectivity index (χ0n) is 36.9. The van der Waals surface area contributed by atoms with Gasteiger partial charge >= 0.3 is 0 Å². The molecule has 9 rings (SSSR count). The summed E-state index contributed by atoms with van der Waals surface area (Å²) >= 11 is 0. The maximum absolute atomic E-state index is 5.46. The molecule has 62 heavy (non-hydrogen) atoms. The second-order valence-corrected chi connectivity index (χ2v) is 17.8. The van der Waals surface area contributed by atoms with E-state index >= 15 is 0 Å². The molecule has 0 bridgehead atoms. The molecule has 0 aliphatic heterocycles. The molecule has 5 aliphatic carbocycles. The van der Waals surface area contributed by atoms with Gasteiger partial charge in [0.2, 0.25) is 0 Å². The Morgan fingerprint density at radius 1 is 0.710 bits per heavy atom. The van der Waals surface area contributed by atoms with Crippen LogP contribution in [0, 0.1) is 17.8 Å². The van der Waals surface area contributed by atoms with Gasteiger partial charge in [-0.1, -0.05) is 177 Å². The van der Waals surface area contributed by atoms with Crippen LogP contribution < -0.4 is 0 Å². The lowest BCUT2D eigenvalue weighted by molar-refractivity contribution is 0.391. The third-order valence-electron chi connectivity index (χ3n) is 14.2. The topological polar surface area (TPSA) is 12.4 Å². The predicted octanol–water partition coefficient (Wildman–Crippen LogP) is 16.8. The minimum atomic E-state index is 0.388. The van der Waals surface area contributed by atoms with E-state index in [0.717, 1.165) is 54.5 Å². The van der Waals surface area contributed by atoms with Crippen LogP contribution in [-0.2, 0) is 0 Å². The minimum absolute atomic E-state index is 0.388.